The lowest BCUT2D eigenvalue weighted by molar-refractivity contribution is -0.146. The highest BCUT2D eigenvalue weighted by Gasteiger charge is 2.46. The highest BCUT2D eigenvalue weighted by molar-refractivity contribution is 5.73. The Morgan fingerprint density at radius 2 is 2.53 bits per heavy atom. The van der Waals surface area contributed by atoms with Gasteiger partial charge in [-0.3, -0.25) is 4.79 Å². The summed E-state index contributed by atoms with van der Waals surface area (Å²) in [6.07, 6.45) is 12.0. The Kier molecular flexibility index (Phi) is 2.94. The van der Waals surface area contributed by atoms with Gasteiger partial charge in [0.25, 0.3) is 0 Å². The van der Waals surface area contributed by atoms with Crippen LogP contribution >= 0.6 is 0 Å². The van der Waals surface area contributed by atoms with E-state index in [4.69, 9.17) is 4.74 Å². The minimum Gasteiger partial charge on any atom is -0.454 e. The molecule has 0 radical (unpaired) electrons. The van der Waals surface area contributed by atoms with Crippen LogP contribution in [-0.4, -0.2) is 11.6 Å². The van der Waals surface area contributed by atoms with Gasteiger partial charge < -0.3 is 4.74 Å². The molecule has 1 aliphatic heterocycles. The van der Waals surface area contributed by atoms with Gasteiger partial charge in [-0.05, 0) is 38.2 Å². The maximum absolute atomic E-state index is 11.4. The van der Waals surface area contributed by atoms with Gasteiger partial charge in [-0.15, -0.1) is 6.58 Å². The molecule has 2 aliphatic rings. The zero-order chi connectivity index (χ0) is 10.7. The number of hydrogen-bond donors (Lipinski definition) is 0. The van der Waals surface area contributed by atoms with Crippen LogP contribution in [0.15, 0.2) is 24.8 Å². The molecule has 1 aliphatic carbocycles. The van der Waals surface area contributed by atoms with E-state index in [0.29, 0.717) is 12.3 Å². The number of esters is 1. The second kappa shape index (κ2) is 4.21. The molecular formula is C13H18O2. The largest absolute Gasteiger partial charge is 0.454 e. The van der Waals surface area contributed by atoms with E-state index >= 15 is 0 Å². The average Bonchev–Trinajstić information content (AvgIpc) is 2.40. The summed E-state index contributed by atoms with van der Waals surface area (Å²) in [6, 6.07) is 0. The van der Waals surface area contributed by atoms with Crippen molar-refractivity contribution < 1.29 is 9.53 Å². The third kappa shape index (κ3) is 1.99. The van der Waals surface area contributed by atoms with Crippen molar-refractivity contribution in [2.45, 2.75) is 44.1 Å². The van der Waals surface area contributed by atoms with E-state index in [2.05, 4.69) is 18.7 Å². The first-order valence-corrected chi connectivity index (χ1v) is 5.77. The molecule has 0 aromatic heterocycles. The van der Waals surface area contributed by atoms with Crippen molar-refractivity contribution in [1.82, 2.24) is 0 Å². The van der Waals surface area contributed by atoms with E-state index in [-0.39, 0.29) is 11.6 Å². The Balaban J connectivity index is 2.19. The summed E-state index contributed by atoms with van der Waals surface area (Å²) in [5.74, 6) is 0.360. The fourth-order valence-corrected chi connectivity index (χ4v) is 2.66. The van der Waals surface area contributed by atoms with Crippen molar-refractivity contribution in [2.24, 2.45) is 5.92 Å². The van der Waals surface area contributed by atoms with Crippen LogP contribution in [-0.2, 0) is 9.53 Å². The van der Waals surface area contributed by atoms with Gasteiger partial charge >= 0.3 is 5.97 Å². The zero-order valence-electron chi connectivity index (χ0n) is 9.08. The standard InChI is InChI=1S/C13H18O2/c1-2-3-8-13-9-6-4-5-7-11(13)10-12(14)15-13/h2,6,9,11H,1,3-5,7-8,10H2/t11-,13-/m0/s1. The quantitative estimate of drug-likeness (QED) is 0.524. The van der Waals surface area contributed by atoms with Crippen LogP contribution in [0.4, 0.5) is 0 Å². The smallest absolute Gasteiger partial charge is 0.307 e. The summed E-state index contributed by atoms with van der Waals surface area (Å²) < 4.78 is 5.56. The number of rotatable bonds is 3. The Labute approximate surface area is 91.0 Å². The molecule has 0 saturated carbocycles. The molecule has 0 aromatic rings. The zero-order valence-corrected chi connectivity index (χ0v) is 9.08. The van der Waals surface area contributed by atoms with E-state index < -0.39 is 0 Å². The number of carbonyl (C=O) groups excluding carboxylic acids is 1. The molecule has 1 heterocycles. The SMILES string of the molecule is C=CCC[C@]12C=CCCC[C@H]1CC(=O)O2. The number of allylic oxidation sites excluding steroid dienone is 2. The minimum atomic E-state index is -0.304. The number of ether oxygens (including phenoxy) is 1. The maximum Gasteiger partial charge on any atom is 0.307 e. The number of hydrogen-bond acceptors (Lipinski definition) is 2. The molecule has 0 spiro atoms. The third-order valence-electron chi connectivity index (χ3n) is 3.47. The second-order valence-electron chi connectivity index (χ2n) is 4.49. The molecule has 1 fully saturated rings. The van der Waals surface area contributed by atoms with Crippen LogP contribution in [0.3, 0.4) is 0 Å². The fourth-order valence-electron chi connectivity index (χ4n) is 2.66. The Hall–Kier alpha value is -1.05. The van der Waals surface area contributed by atoms with Gasteiger partial charge in [-0.25, -0.2) is 0 Å². The molecular weight excluding hydrogens is 188 g/mol. The van der Waals surface area contributed by atoms with Gasteiger partial charge in [0.05, 0.1) is 6.42 Å². The first kappa shape index (κ1) is 10.5. The van der Waals surface area contributed by atoms with Crippen molar-refractivity contribution in [3.63, 3.8) is 0 Å². The third-order valence-corrected chi connectivity index (χ3v) is 3.47. The van der Waals surface area contributed by atoms with E-state index in [1.54, 1.807) is 0 Å². The van der Waals surface area contributed by atoms with Crippen molar-refractivity contribution in [3.8, 4) is 0 Å². The summed E-state index contributed by atoms with van der Waals surface area (Å²) in [7, 11) is 0. The van der Waals surface area contributed by atoms with Crippen molar-refractivity contribution in [3.05, 3.63) is 24.8 Å². The lowest BCUT2D eigenvalue weighted by Gasteiger charge is -2.29. The predicted octanol–water partition coefficient (Wildman–Crippen LogP) is 2.99. The molecule has 0 aromatic carbocycles. The van der Waals surface area contributed by atoms with Crippen LogP contribution in [0.2, 0.25) is 0 Å². The van der Waals surface area contributed by atoms with E-state index in [9.17, 15) is 4.79 Å². The number of fused-ring (bicyclic) bond motifs is 1. The summed E-state index contributed by atoms with van der Waals surface area (Å²) in [5, 5.41) is 0. The van der Waals surface area contributed by atoms with Crippen molar-refractivity contribution >= 4 is 5.97 Å². The summed E-state index contributed by atoms with van der Waals surface area (Å²) in [6.45, 7) is 3.73. The molecule has 2 atom stereocenters. The summed E-state index contributed by atoms with van der Waals surface area (Å²) >= 11 is 0. The minimum absolute atomic E-state index is 0.0318. The van der Waals surface area contributed by atoms with Crippen molar-refractivity contribution in [1.29, 1.82) is 0 Å². The topological polar surface area (TPSA) is 26.3 Å². The Morgan fingerprint density at radius 3 is 3.33 bits per heavy atom. The molecule has 0 N–H and O–H groups in total. The summed E-state index contributed by atoms with van der Waals surface area (Å²) in [5.41, 5.74) is -0.304. The van der Waals surface area contributed by atoms with Gasteiger partial charge in [-0.1, -0.05) is 12.2 Å². The second-order valence-corrected chi connectivity index (χ2v) is 4.49. The lowest BCUT2D eigenvalue weighted by Crippen LogP contribution is -2.32. The van der Waals surface area contributed by atoms with Gasteiger partial charge in [0.15, 0.2) is 0 Å². The molecule has 2 rings (SSSR count). The van der Waals surface area contributed by atoms with Crippen LogP contribution < -0.4 is 0 Å². The van der Waals surface area contributed by atoms with E-state index in [0.717, 1.165) is 25.7 Å². The van der Waals surface area contributed by atoms with E-state index in [1.165, 1.54) is 6.42 Å². The molecule has 15 heavy (non-hydrogen) atoms. The number of carbonyl (C=O) groups is 1. The van der Waals surface area contributed by atoms with Gasteiger partial charge in [-0.2, -0.15) is 0 Å². The molecule has 0 unspecified atom stereocenters. The van der Waals surface area contributed by atoms with Crippen LogP contribution in [0.1, 0.15) is 38.5 Å². The highest BCUT2D eigenvalue weighted by atomic mass is 16.6. The molecule has 0 bridgehead atoms. The molecule has 1 saturated heterocycles. The highest BCUT2D eigenvalue weighted by Crippen LogP contribution is 2.42. The van der Waals surface area contributed by atoms with Gasteiger partial charge in [0, 0.05) is 5.92 Å². The van der Waals surface area contributed by atoms with Gasteiger partial charge in [0.1, 0.15) is 5.60 Å². The predicted molar refractivity (Wildman–Crippen MR) is 59.4 cm³/mol. The fraction of sp³-hybridized carbons (Fsp3) is 0.615. The van der Waals surface area contributed by atoms with E-state index in [1.807, 2.05) is 6.08 Å². The summed E-state index contributed by atoms with van der Waals surface area (Å²) in [4.78, 5) is 11.4. The normalized spacial score (nSPS) is 34.4. The molecule has 2 heteroatoms. The first-order chi connectivity index (χ1) is 7.27. The van der Waals surface area contributed by atoms with Crippen molar-refractivity contribution in [2.75, 3.05) is 0 Å². The molecule has 2 nitrogen and oxygen atoms in total. The van der Waals surface area contributed by atoms with Crippen LogP contribution in [0.25, 0.3) is 0 Å². The molecule has 82 valence electrons. The van der Waals surface area contributed by atoms with Crippen LogP contribution in [0.5, 0.6) is 0 Å². The molecule has 0 amide bonds. The first-order valence-electron chi connectivity index (χ1n) is 5.77. The monoisotopic (exact) mass is 206 g/mol. The van der Waals surface area contributed by atoms with Gasteiger partial charge in [0.2, 0.25) is 0 Å². The Bertz CT molecular complexity index is 293. The maximum atomic E-state index is 11.4. The Morgan fingerprint density at radius 1 is 1.67 bits per heavy atom. The average molecular weight is 206 g/mol. The lowest BCUT2D eigenvalue weighted by atomic mass is 9.82. The van der Waals surface area contributed by atoms with Crippen LogP contribution in [0, 0.1) is 5.92 Å².